The van der Waals surface area contributed by atoms with Crippen LogP contribution in [0.15, 0.2) is 18.3 Å². The first-order chi connectivity index (χ1) is 6.77. The molecule has 0 bridgehead atoms. The Morgan fingerprint density at radius 3 is 3.00 bits per heavy atom. The number of carbonyl (C=O) groups is 1. The van der Waals surface area contributed by atoms with Crippen molar-refractivity contribution in [3.8, 4) is 0 Å². The number of hydrogen-bond acceptors (Lipinski definition) is 2. The minimum Gasteiger partial charge on any atom is -0.465 e. The molecule has 0 aliphatic carbocycles. The van der Waals surface area contributed by atoms with Gasteiger partial charge in [-0.15, -0.1) is 0 Å². The number of aromatic nitrogens is 1. The average molecular weight is 192 g/mol. The Kier molecular flexibility index (Phi) is 2.35. The lowest BCUT2D eigenvalue weighted by Crippen LogP contribution is -2.31. The van der Waals surface area contributed by atoms with E-state index >= 15 is 0 Å². The van der Waals surface area contributed by atoms with Crippen molar-refractivity contribution in [3.63, 3.8) is 0 Å². The van der Waals surface area contributed by atoms with Crippen molar-refractivity contribution in [2.75, 3.05) is 13.1 Å². The smallest absolute Gasteiger partial charge is 0.407 e. The molecule has 1 N–H and O–H groups in total. The molecule has 4 heteroatoms. The second kappa shape index (κ2) is 3.65. The third-order valence-electron chi connectivity index (χ3n) is 2.52. The normalized spacial score (nSPS) is 15.9. The third kappa shape index (κ3) is 1.69. The van der Waals surface area contributed by atoms with Crippen LogP contribution in [-0.2, 0) is 12.8 Å². The summed E-state index contributed by atoms with van der Waals surface area (Å²) in [5.41, 5.74) is 2.22. The number of amides is 1. The average Bonchev–Trinajstić information content (AvgIpc) is 2.39. The Bertz CT molecular complexity index is 325. The molecule has 2 rings (SSSR count). The predicted molar refractivity (Wildman–Crippen MR) is 51.2 cm³/mol. The van der Waals surface area contributed by atoms with Crippen LogP contribution in [-0.4, -0.2) is 34.2 Å². The number of nitrogens with zero attached hydrogens (tertiary/aromatic N) is 2. The molecule has 0 spiro atoms. The summed E-state index contributed by atoms with van der Waals surface area (Å²) in [6.07, 6.45) is 2.42. The molecule has 74 valence electrons. The van der Waals surface area contributed by atoms with E-state index in [4.69, 9.17) is 5.11 Å². The van der Waals surface area contributed by atoms with Crippen molar-refractivity contribution < 1.29 is 9.90 Å². The standard InChI is InChI=1S/C10H12N2O2/c13-10(14)12-6-3-8-2-1-5-11-9(8)4-7-12/h1-2,5H,3-4,6-7H2,(H,13,14). The van der Waals surface area contributed by atoms with Crippen LogP contribution >= 0.6 is 0 Å². The molecular formula is C10H12N2O2. The molecule has 0 unspecified atom stereocenters. The van der Waals surface area contributed by atoms with Gasteiger partial charge in [0.15, 0.2) is 0 Å². The van der Waals surface area contributed by atoms with Crippen LogP contribution in [0.5, 0.6) is 0 Å². The van der Waals surface area contributed by atoms with Gasteiger partial charge in [0.25, 0.3) is 0 Å². The van der Waals surface area contributed by atoms with Gasteiger partial charge in [-0.05, 0) is 18.1 Å². The van der Waals surface area contributed by atoms with Crippen LogP contribution in [0.2, 0.25) is 0 Å². The highest BCUT2D eigenvalue weighted by atomic mass is 16.4. The monoisotopic (exact) mass is 192 g/mol. The molecule has 0 aromatic carbocycles. The Morgan fingerprint density at radius 1 is 1.43 bits per heavy atom. The van der Waals surface area contributed by atoms with Gasteiger partial charge in [0.1, 0.15) is 0 Å². The lowest BCUT2D eigenvalue weighted by Gasteiger charge is -2.14. The maximum absolute atomic E-state index is 10.8. The third-order valence-corrected chi connectivity index (χ3v) is 2.52. The van der Waals surface area contributed by atoms with E-state index in [1.807, 2.05) is 12.1 Å². The molecule has 14 heavy (non-hydrogen) atoms. The van der Waals surface area contributed by atoms with Crippen LogP contribution in [0.1, 0.15) is 11.3 Å². The van der Waals surface area contributed by atoms with Gasteiger partial charge in [-0.1, -0.05) is 6.07 Å². The minimum absolute atomic E-state index is 0.555. The highest BCUT2D eigenvalue weighted by Crippen LogP contribution is 2.12. The van der Waals surface area contributed by atoms with Gasteiger partial charge in [0.05, 0.1) is 0 Å². The van der Waals surface area contributed by atoms with Gasteiger partial charge >= 0.3 is 6.09 Å². The molecule has 0 fully saturated rings. The van der Waals surface area contributed by atoms with Crippen LogP contribution in [0.4, 0.5) is 4.79 Å². The molecule has 1 aromatic heterocycles. The zero-order valence-electron chi connectivity index (χ0n) is 7.81. The zero-order valence-corrected chi connectivity index (χ0v) is 7.81. The first kappa shape index (κ1) is 8.99. The van der Waals surface area contributed by atoms with Gasteiger partial charge in [0, 0.05) is 31.4 Å². The summed E-state index contributed by atoms with van der Waals surface area (Å²) < 4.78 is 0. The molecule has 0 radical (unpaired) electrons. The lowest BCUT2D eigenvalue weighted by molar-refractivity contribution is 0.147. The largest absolute Gasteiger partial charge is 0.465 e. The van der Waals surface area contributed by atoms with E-state index in [9.17, 15) is 4.79 Å². The Labute approximate surface area is 82.2 Å². The summed E-state index contributed by atoms with van der Waals surface area (Å²) in [5, 5.41) is 8.85. The fourth-order valence-electron chi connectivity index (χ4n) is 1.72. The second-order valence-electron chi connectivity index (χ2n) is 3.38. The number of carboxylic acid groups (broad SMARTS) is 1. The minimum atomic E-state index is -0.835. The van der Waals surface area contributed by atoms with Gasteiger partial charge in [-0.25, -0.2) is 4.79 Å². The first-order valence-corrected chi connectivity index (χ1v) is 4.68. The van der Waals surface area contributed by atoms with E-state index in [1.165, 1.54) is 10.5 Å². The van der Waals surface area contributed by atoms with Crippen LogP contribution in [0.3, 0.4) is 0 Å². The molecule has 2 heterocycles. The number of fused-ring (bicyclic) bond motifs is 1. The predicted octanol–water partition coefficient (Wildman–Crippen LogP) is 1.16. The summed E-state index contributed by atoms with van der Waals surface area (Å²) in [5.74, 6) is 0. The van der Waals surface area contributed by atoms with Crippen LogP contribution in [0, 0.1) is 0 Å². The molecular weight excluding hydrogens is 180 g/mol. The summed E-state index contributed by atoms with van der Waals surface area (Å²) in [6.45, 7) is 1.13. The van der Waals surface area contributed by atoms with E-state index in [2.05, 4.69) is 4.98 Å². The maximum Gasteiger partial charge on any atom is 0.407 e. The summed E-state index contributed by atoms with van der Waals surface area (Å²) >= 11 is 0. The van der Waals surface area contributed by atoms with E-state index in [0.717, 1.165) is 18.5 Å². The highest BCUT2D eigenvalue weighted by molar-refractivity contribution is 5.65. The van der Waals surface area contributed by atoms with Crippen LogP contribution < -0.4 is 0 Å². The molecule has 1 aromatic rings. The Balaban J connectivity index is 2.18. The number of pyridine rings is 1. The summed E-state index contributed by atoms with van der Waals surface area (Å²) in [6, 6.07) is 3.92. The Hall–Kier alpha value is -1.58. The lowest BCUT2D eigenvalue weighted by atomic mass is 10.1. The van der Waals surface area contributed by atoms with Crippen molar-refractivity contribution >= 4 is 6.09 Å². The highest BCUT2D eigenvalue weighted by Gasteiger charge is 2.17. The van der Waals surface area contributed by atoms with E-state index < -0.39 is 6.09 Å². The van der Waals surface area contributed by atoms with Crippen molar-refractivity contribution in [2.24, 2.45) is 0 Å². The van der Waals surface area contributed by atoms with Crippen molar-refractivity contribution in [1.29, 1.82) is 0 Å². The first-order valence-electron chi connectivity index (χ1n) is 4.68. The fraction of sp³-hybridized carbons (Fsp3) is 0.400. The molecule has 0 saturated carbocycles. The Morgan fingerprint density at radius 2 is 2.21 bits per heavy atom. The van der Waals surface area contributed by atoms with Crippen molar-refractivity contribution in [3.05, 3.63) is 29.6 Å². The van der Waals surface area contributed by atoms with E-state index in [0.29, 0.717) is 13.1 Å². The van der Waals surface area contributed by atoms with Crippen LogP contribution in [0.25, 0.3) is 0 Å². The molecule has 1 aliphatic rings. The summed E-state index contributed by atoms with van der Waals surface area (Å²) in [7, 11) is 0. The fourth-order valence-corrected chi connectivity index (χ4v) is 1.72. The van der Waals surface area contributed by atoms with Gasteiger partial charge in [0.2, 0.25) is 0 Å². The maximum atomic E-state index is 10.8. The molecule has 1 aliphatic heterocycles. The number of hydrogen-bond donors (Lipinski definition) is 1. The van der Waals surface area contributed by atoms with Crippen molar-refractivity contribution in [2.45, 2.75) is 12.8 Å². The molecule has 0 saturated heterocycles. The van der Waals surface area contributed by atoms with Gasteiger partial charge < -0.3 is 10.0 Å². The van der Waals surface area contributed by atoms with Gasteiger partial charge in [-0.2, -0.15) is 0 Å². The second-order valence-corrected chi connectivity index (χ2v) is 3.38. The van der Waals surface area contributed by atoms with Gasteiger partial charge in [-0.3, -0.25) is 4.98 Å². The van der Waals surface area contributed by atoms with E-state index in [-0.39, 0.29) is 0 Å². The number of rotatable bonds is 0. The quantitative estimate of drug-likeness (QED) is 0.671. The molecule has 0 atom stereocenters. The zero-order chi connectivity index (χ0) is 9.97. The molecule has 1 amide bonds. The summed E-state index contributed by atoms with van der Waals surface area (Å²) in [4.78, 5) is 16.5. The SMILES string of the molecule is O=C(O)N1CCc2cccnc2CC1. The van der Waals surface area contributed by atoms with Crippen molar-refractivity contribution in [1.82, 2.24) is 9.88 Å². The van der Waals surface area contributed by atoms with E-state index in [1.54, 1.807) is 6.20 Å². The molecule has 4 nitrogen and oxygen atoms in total. The topological polar surface area (TPSA) is 53.4 Å².